The number of thiophene rings is 1. The van der Waals surface area contributed by atoms with Crippen molar-refractivity contribution in [3.05, 3.63) is 58.2 Å². The van der Waals surface area contributed by atoms with E-state index < -0.39 is 5.60 Å². The summed E-state index contributed by atoms with van der Waals surface area (Å²) in [5.41, 5.74) is 10.00. The summed E-state index contributed by atoms with van der Waals surface area (Å²) in [6.45, 7) is 18.2. The summed E-state index contributed by atoms with van der Waals surface area (Å²) in [6.07, 6.45) is 0. The van der Waals surface area contributed by atoms with Crippen LogP contribution in [-0.2, 0) is 5.60 Å². The number of hydrogen-bond acceptors (Lipinski definition) is 6. The van der Waals surface area contributed by atoms with Crippen LogP contribution in [0.5, 0.6) is 0 Å². The third-order valence-electron chi connectivity index (χ3n) is 4.17. The average Bonchev–Trinajstić information content (AvgIpc) is 3.05. The van der Waals surface area contributed by atoms with Crippen LogP contribution < -0.4 is 16.2 Å². The minimum Gasteiger partial charge on any atom is -0.386 e. The minimum atomic E-state index is -0.737. The van der Waals surface area contributed by atoms with Gasteiger partial charge in [-0.15, -0.1) is 11.3 Å². The van der Waals surface area contributed by atoms with E-state index in [0.717, 1.165) is 14.8 Å². The second-order valence-electron chi connectivity index (χ2n) is 8.07. The number of aryl methyl sites for hydroxylation is 1. The largest absolute Gasteiger partial charge is 0.386 e. The third-order valence-corrected chi connectivity index (χ3v) is 6.27. The molecule has 2 rings (SSSR count). The zero-order valence-electron chi connectivity index (χ0n) is 18.1. The molecule has 0 spiro atoms. The van der Waals surface area contributed by atoms with Crippen molar-refractivity contribution in [1.29, 1.82) is 0 Å². The summed E-state index contributed by atoms with van der Waals surface area (Å²) >= 11 is 2.74. The number of rotatable bonds is 6. The fourth-order valence-electron chi connectivity index (χ4n) is 2.77. The van der Waals surface area contributed by atoms with E-state index in [-0.39, 0.29) is 0 Å². The highest BCUT2D eigenvalue weighted by Crippen LogP contribution is 2.34. The Balaban J connectivity index is 0.000000307. The maximum absolute atomic E-state index is 9.56. The van der Waals surface area contributed by atoms with E-state index in [1.165, 1.54) is 40.0 Å². The first-order valence-corrected chi connectivity index (χ1v) is 11.1. The van der Waals surface area contributed by atoms with Gasteiger partial charge in [-0.3, -0.25) is 5.14 Å². The monoisotopic (exact) mass is 421 g/mol. The maximum Gasteiger partial charge on any atom is 0.0932 e. The molecule has 0 saturated carbocycles. The van der Waals surface area contributed by atoms with Crippen LogP contribution in [0.4, 0.5) is 5.69 Å². The van der Waals surface area contributed by atoms with Gasteiger partial charge in [-0.1, -0.05) is 52.0 Å². The zero-order valence-corrected chi connectivity index (χ0v) is 19.7. The molecule has 0 fully saturated rings. The van der Waals surface area contributed by atoms with Crippen LogP contribution in [0.2, 0.25) is 0 Å². The Bertz CT molecular complexity index is 760. The maximum atomic E-state index is 9.56. The van der Waals surface area contributed by atoms with E-state index in [9.17, 15) is 5.11 Å². The fraction of sp³-hybridized carbons (Fsp3) is 0.455. The highest BCUT2D eigenvalue weighted by atomic mass is 32.2. The Hall–Kier alpha value is -1.47. The summed E-state index contributed by atoms with van der Waals surface area (Å²) in [4.78, 5) is 0.949. The van der Waals surface area contributed by atoms with Gasteiger partial charge < -0.3 is 16.2 Å². The Morgan fingerprint density at radius 3 is 1.93 bits per heavy atom. The molecule has 28 heavy (non-hydrogen) atoms. The van der Waals surface area contributed by atoms with Gasteiger partial charge in [0.25, 0.3) is 0 Å². The lowest BCUT2D eigenvalue weighted by molar-refractivity contribution is 0.0825. The SMILES string of the molecule is C=C(N)Nc1c(C(C)C)cc(C)cc1C(C)C.CC(C)(O)c1ccc(SN)s1. The number of nitrogens with one attached hydrogen (secondary N) is 1. The first-order chi connectivity index (χ1) is 12.9. The Labute approximate surface area is 178 Å². The second kappa shape index (κ2) is 10.3. The van der Waals surface area contributed by atoms with Crippen molar-refractivity contribution < 1.29 is 5.11 Å². The van der Waals surface area contributed by atoms with Crippen molar-refractivity contribution in [3.8, 4) is 0 Å². The van der Waals surface area contributed by atoms with Gasteiger partial charge in [-0.25, -0.2) is 0 Å². The molecule has 2 aromatic rings. The lowest BCUT2D eigenvalue weighted by atomic mass is 9.90. The Kier molecular flexibility index (Phi) is 9.08. The molecule has 6 heteroatoms. The fourth-order valence-corrected chi connectivity index (χ4v) is 4.12. The van der Waals surface area contributed by atoms with Gasteiger partial charge in [0.05, 0.1) is 15.6 Å². The van der Waals surface area contributed by atoms with Gasteiger partial charge >= 0.3 is 0 Å². The lowest BCUT2D eigenvalue weighted by Gasteiger charge is -2.21. The number of hydrogen-bond donors (Lipinski definition) is 4. The molecule has 4 nitrogen and oxygen atoms in total. The van der Waals surface area contributed by atoms with E-state index in [0.29, 0.717) is 17.7 Å². The lowest BCUT2D eigenvalue weighted by Crippen LogP contribution is -2.12. The molecule has 1 aromatic heterocycles. The molecule has 156 valence electrons. The van der Waals surface area contributed by atoms with Gasteiger partial charge in [0, 0.05) is 10.6 Å². The van der Waals surface area contributed by atoms with Gasteiger partial charge in [-0.05, 0) is 67.8 Å². The predicted octanol–water partition coefficient (Wildman–Crippen LogP) is 6.02. The van der Waals surface area contributed by atoms with E-state index in [1.807, 2.05) is 12.1 Å². The second-order valence-corrected chi connectivity index (χ2v) is 10.1. The van der Waals surface area contributed by atoms with Crippen LogP contribution in [0.25, 0.3) is 0 Å². The normalized spacial score (nSPS) is 11.4. The molecule has 1 aromatic carbocycles. The van der Waals surface area contributed by atoms with E-state index in [2.05, 4.69) is 58.6 Å². The predicted molar refractivity (Wildman–Crippen MR) is 126 cm³/mol. The summed E-state index contributed by atoms with van der Waals surface area (Å²) in [7, 11) is 0. The number of benzene rings is 1. The molecular weight excluding hydrogens is 386 g/mol. The van der Waals surface area contributed by atoms with Gasteiger partial charge in [0.2, 0.25) is 0 Å². The number of aliphatic hydroxyl groups is 1. The van der Waals surface area contributed by atoms with Crippen LogP contribution in [0.1, 0.15) is 74.9 Å². The van der Waals surface area contributed by atoms with Crippen molar-refractivity contribution >= 4 is 29.0 Å². The van der Waals surface area contributed by atoms with Crippen molar-refractivity contribution in [2.75, 3.05) is 5.32 Å². The van der Waals surface area contributed by atoms with E-state index in [4.69, 9.17) is 10.9 Å². The van der Waals surface area contributed by atoms with Crippen LogP contribution in [0, 0.1) is 6.92 Å². The summed E-state index contributed by atoms with van der Waals surface area (Å²) in [5.74, 6) is 1.43. The van der Waals surface area contributed by atoms with Crippen LogP contribution in [0.15, 0.2) is 40.9 Å². The molecule has 0 aliphatic heterocycles. The Morgan fingerprint density at radius 2 is 1.64 bits per heavy atom. The molecule has 0 saturated heterocycles. The molecular formula is C22H35N3OS2. The van der Waals surface area contributed by atoms with Crippen molar-refractivity contribution in [1.82, 2.24) is 0 Å². The summed E-state index contributed by atoms with van der Waals surface area (Å²) < 4.78 is 1.03. The first-order valence-electron chi connectivity index (χ1n) is 9.42. The van der Waals surface area contributed by atoms with Gasteiger partial charge in [-0.2, -0.15) is 0 Å². The van der Waals surface area contributed by atoms with Crippen LogP contribution in [-0.4, -0.2) is 5.11 Å². The van der Waals surface area contributed by atoms with Crippen LogP contribution >= 0.6 is 23.3 Å². The molecule has 0 bridgehead atoms. The topological polar surface area (TPSA) is 84.3 Å². The quantitative estimate of drug-likeness (QED) is 0.428. The highest BCUT2D eigenvalue weighted by Gasteiger charge is 2.18. The average molecular weight is 422 g/mol. The van der Waals surface area contributed by atoms with Gasteiger partial charge in [0.1, 0.15) is 0 Å². The minimum absolute atomic E-state index is 0.467. The number of anilines is 1. The van der Waals surface area contributed by atoms with Crippen LogP contribution in [0.3, 0.4) is 0 Å². The van der Waals surface area contributed by atoms with Crippen molar-refractivity contribution in [2.24, 2.45) is 10.9 Å². The molecule has 0 atom stereocenters. The molecule has 0 unspecified atom stereocenters. The molecule has 0 aliphatic carbocycles. The zero-order chi connectivity index (χ0) is 21.6. The van der Waals surface area contributed by atoms with Crippen molar-refractivity contribution in [3.63, 3.8) is 0 Å². The molecule has 6 N–H and O–H groups in total. The smallest absolute Gasteiger partial charge is 0.0932 e. The van der Waals surface area contributed by atoms with E-state index in [1.54, 1.807) is 13.8 Å². The van der Waals surface area contributed by atoms with Gasteiger partial charge in [0.15, 0.2) is 0 Å². The summed E-state index contributed by atoms with van der Waals surface area (Å²) in [5, 5.41) is 18.1. The molecule has 0 aliphatic rings. The standard InChI is InChI=1S/C15H24N2.C7H11NOS2/c1-9(2)13-7-11(5)8-14(10(3)4)15(13)17-12(6)16;1-7(2,9)5-3-4-6(10-5)11-8/h7-10,17H,6,16H2,1-5H3;3-4,9H,8H2,1-2H3. The Morgan fingerprint density at radius 1 is 1.14 bits per heavy atom. The highest BCUT2D eigenvalue weighted by molar-refractivity contribution is 7.99. The molecule has 1 heterocycles. The molecule has 0 radical (unpaired) electrons. The first kappa shape index (κ1) is 24.6. The summed E-state index contributed by atoms with van der Waals surface area (Å²) in [6, 6.07) is 8.27. The molecule has 0 amide bonds. The third kappa shape index (κ3) is 7.17. The van der Waals surface area contributed by atoms with E-state index >= 15 is 0 Å². The van der Waals surface area contributed by atoms with Crippen molar-refractivity contribution in [2.45, 2.75) is 70.1 Å². The number of nitrogens with two attached hydrogens (primary N) is 2.